The Morgan fingerprint density at radius 1 is 1.42 bits per heavy atom. The fraction of sp³-hybridized carbons (Fsp3) is 0.222. The van der Waals surface area contributed by atoms with Gasteiger partial charge in [-0.1, -0.05) is 6.07 Å². The summed E-state index contributed by atoms with van der Waals surface area (Å²) in [5.74, 6) is -0.549. The van der Waals surface area contributed by atoms with Crippen LogP contribution in [-0.4, -0.2) is 5.24 Å². The third-order valence-corrected chi connectivity index (χ3v) is 1.82. The van der Waals surface area contributed by atoms with Gasteiger partial charge in [0.05, 0.1) is 5.56 Å². The Balaban J connectivity index is 3.38. The van der Waals surface area contributed by atoms with Gasteiger partial charge in [0.1, 0.15) is 5.82 Å². The van der Waals surface area contributed by atoms with Crippen molar-refractivity contribution in [3.05, 3.63) is 34.6 Å². The fourth-order valence-electron chi connectivity index (χ4n) is 1.16. The van der Waals surface area contributed by atoms with Crippen LogP contribution in [0.4, 0.5) is 4.39 Å². The molecule has 0 amide bonds. The SMILES string of the molecule is Cc1cc(C)c(C(=O)Cl)c(F)c1. The van der Waals surface area contributed by atoms with E-state index in [0.717, 1.165) is 5.56 Å². The van der Waals surface area contributed by atoms with Gasteiger partial charge in [-0.15, -0.1) is 0 Å². The molecule has 0 N–H and O–H groups in total. The minimum atomic E-state index is -0.745. The highest BCUT2D eigenvalue weighted by atomic mass is 35.5. The van der Waals surface area contributed by atoms with Crippen molar-refractivity contribution in [1.29, 1.82) is 0 Å². The molecule has 1 aromatic rings. The zero-order valence-corrected chi connectivity index (χ0v) is 7.57. The topological polar surface area (TPSA) is 17.1 Å². The van der Waals surface area contributed by atoms with E-state index in [1.165, 1.54) is 6.07 Å². The summed E-state index contributed by atoms with van der Waals surface area (Å²) in [4.78, 5) is 10.7. The largest absolute Gasteiger partial charge is 0.275 e. The van der Waals surface area contributed by atoms with E-state index in [-0.39, 0.29) is 5.56 Å². The predicted molar refractivity (Wildman–Crippen MR) is 46.1 cm³/mol. The van der Waals surface area contributed by atoms with E-state index in [0.29, 0.717) is 5.56 Å². The number of carbonyl (C=O) groups excluding carboxylic acids is 1. The van der Waals surface area contributed by atoms with Gasteiger partial charge in [0.2, 0.25) is 0 Å². The normalized spacial score (nSPS) is 10.0. The van der Waals surface area contributed by atoms with Gasteiger partial charge in [-0.05, 0) is 42.6 Å². The highest BCUT2D eigenvalue weighted by Gasteiger charge is 2.12. The number of hydrogen-bond donors (Lipinski definition) is 0. The van der Waals surface area contributed by atoms with E-state index < -0.39 is 11.1 Å². The molecular weight excluding hydrogens is 179 g/mol. The van der Waals surface area contributed by atoms with Crippen LogP contribution in [0.3, 0.4) is 0 Å². The first kappa shape index (κ1) is 9.20. The predicted octanol–water partition coefficient (Wildman–Crippen LogP) is 2.82. The van der Waals surface area contributed by atoms with E-state index in [1.807, 2.05) is 0 Å². The minimum Gasteiger partial charge on any atom is -0.275 e. The Kier molecular flexibility index (Phi) is 2.48. The van der Waals surface area contributed by atoms with Crippen LogP contribution in [0.25, 0.3) is 0 Å². The molecule has 0 fully saturated rings. The van der Waals surface area contributed by atoms with Crippen molar-refractivity contribution >= 4 is 16.8 Å². The van der Waals surface area contributed by atoms with E-state index in [1.54, 1.807) is 19.9 Å². The summed E-state index contributed by atoms with van der Waals surface area (Å²) in [7, 11) is 0. The molecule has 0 aliphatic heterocycles. The lowest BCUT2D eigenvalue weighted by molar-refractivity contribution is 0.107. The molecule has 12 heavy (non-hydrogen) atoms. The molecule has 0 saturated carbocycles. The minimum absolute atomic E-state index is 0.0257. The van der Waals surface area contributed by atoms with Crippen molar-refractivity contribution < 1.29 is 9.18 Å². The second-order valence-electron chi connectivity index (χ2n) is 2.71. The zero-order chi connectivity index (χ0) is 9.30. The molecule has 1 aromatic carbocycles. The summed E-state index contributed by atoms with van der Waals surface area (Å²) >= 11 is 5.19. The standard InChI is InChI=1S/C9H8ClFO/c1-5-3-6(2)8(9(10)12)7(11)4-5/h3-4H,1-2H3. The first-order chi connectivity index (χ1) is 5.52. The van der Waals surface area contributed by atoms with Gasteiger partial charge in [0, 0.05) is 0 Å². The van der Waals surface area contributed by atoms with Gasteiger partial charge in [0.25, 0.3) is 5.24 Å². The van der Waals surface area contributed by atoms with E-state index in [4.69, 9.17) is 11.6 Å². The van der Waals surface area contributed by atoms with Crippen molar-refractivity contribution in [2.75, 3.05) is 0 Å². The van der Waals surface area contributed by atoms with Crippen LogP contribution in [0.15, 0.2) is 12.1 Å². The molecular formula is C9H8ClFO. The van der Waals surface area contributed by atoms with Gasteiger partial charge in [0.15, 0.2) is 0 Å². The second-order valence-corrected chi connectivity index (χ2v) is 3.06. The number of hydrogen-bond acceptors (Lipinski definition) is 1. The third kappa shape index (κ3) is 1.64. The average molecular weight is 187 g/mol. The number of rotatable bonds is 1. The molecule has 0 aliphatic carbocycles. The summed E-state index contributed by atoms with van der Waals surface area (Å²) in [5, 5.41) is -0.745. The summed E-state index contributed by atoms with van der Waals surface area (Å²) < 4.78 is 13.1. The summed E-state index contributed by atoms with van der Waals surface area (Å²) in [6.07, 6.45) is 0. The van der Waals surface area contributed by atoms with E-state index in [2.05, 4.69) is 0 Å². The van der Waals surface area contributed by atoms with Crippen molar-refractivity contribution in [3.63, 3.8) is 0 Å². The van der Waals surface area contributed by atoms with Gasteiger partial charge >= 0.3 is 0 Å². The fourth-order valence-corrected chi connectivity index (χ4v) is 1.40. The first-order valence-electron chi connectivity index (χ1n) is 3.49. The smallest absolute Gasteiger partial charge is 0.255 e. The highest BCUT2D eigenvalue weighted by molar-refractivity contribution is 6.67. The zero-order valence-electron chi connectivity index (χ0n) is 6.82. The maximum absolute atomic E-state index is 13.1. The Morgan fingerprint density at radius 2 is 2.00 bits per heavy atom. The highest BCUT2D eigenvalue weighted by Crippen LogP contribution is 2.17. The Bertz CT molecular complexity index is 310. The van der Waals surface area contributed by atoms with Crippen LogP contribution in [0.1, 0.15) is 21.5 Å². The first-order valence-corrected chi connectivity index (χ1v) is 3.86. The molecule has 3 heteroatoms. The van der Waals surface area contributed by atoms with Crippen LogP contribution < -0.4 is 0 Å². The lowest BCUT2D eigenvalue weighted by Crippen LogP contribution is -1.98. The molecule has 1 rings (SSSR count). The molecule has 0 radical (unpaired) electrons. The molecule has 0 saturated heterocycles. The lowest BCUT2D eigenvalue weighted by Gasteiger charge is -2.03. The summed E-state index contributed by atoms with van der Waals surface area (Å²) in [6, 6.07) is 3.02. The summed E-state index contributed by atoms with van der Waals surface area (Å²) in [6.45, 7) is 3.42. The Morgan fingerprint density at radius 3 is 2.42 bits per heavy atom. The molecule has 0 spiro atoms. The van der Waals surface area contributed by atoms with Crippen molar-refractivity contribution in [1.82, 2.24) is 0 Å². The number of aryl methyl sites for hydroxylation is 2. The van der Waals surface area contributed by atoms with Crippen LogP contribution in [0.5, 0.6) is 0 Å². The number of carbonyl (C=O) groups is 1. The maximum atomic E-state index is 13.1. The van der Waals surface area contributed by atoms with Crippen LogP contribution in [0, 0.1) is 19.7 Å². The van der Waals surface area contributed by atoms with Crippen LogP contribution in [0.2, 0.25) is 0 Å². The molecule has 1 nitrogen and oxygen atoms in total. The molecule has 0 unspecified atom stereocenters. The lowest BCUT2D eigenvalue weighted by atomic mass is 10.1. The second kappa shape index (κ2) is 3.23. The molecule has 64 valence electrons. The van der Waals surface area contributed by atoms with Gasteiger partial charge in [-0.3, -0.25) is 4.79 Å². The number of benzene rings is 1. The molecule has 0 heterocycles. The van der Waals surface area contributed by atoms with E-state index in [9.17, 15) is 9.18 Å². The summed E-state index contributed by atoms with van der Waals surface area (Å²) in [5.41, 5.74) is 1.33. The van der Waals surface area contributed by atoms with Gasteiger partial charge in [-0.2, -0.15) is 0 Å². The Hall–Kier alpha value is -0.890. The Labute approximate surface area is 75.2 Å². The number of halogens is 2. The quantitative estimate of drug-likeness (QED) is 0.617. The van der Waals surface area contributed by atoms with Crippen molar-refractivity contribution in [2.45, 2.75) is 13.8 Å². The average Bonchev–Trinajstić information content (AvgIpc) is 1.82. The van der Waals surface area contributed by atoms with Crippen molar-refractivity contribution in [3.8, 4) is 0 Å². The van der Waals surface area contributed by atoms with Crippen molar-refractivity contribution in [2.24, 2.45) is 0 Å². The van der Waals surface area contributed by atoms with E-state index >= 15 is 0 Å². The van der Waals surface area contributed by atoms with Crippen LogP contribution in [-0.2, 0) is 0 Å². The molecule has 0 aromatic heterocycles. The van der Waals surface area contributed by atoms with Gasteiger partial charge < -0.3 is 0 Å². The third-order valence-electron chi connectivity index (χ3n) is 1.63. The van der Waals surface area contributed by atoms with Crippen LogP contribution >= 0.6 is 11.6 Å². The van der Waals surface area contributed by atoms with Gasteiger partial charge in [-0.25, -0.2) is 4.39 Å². The monoisotopic (exact) mass is 186 g/mol. The maximum Gasteiger partial charge on any atom is 0.255 e. The molecule has 0 aliphatic rings. The molecule has 0 atom stereocenters. The molecule has 0 bridgehead atoms.